The summed E-state index contributed by atoms with van der Waals surface area (Å²) in [6, 6.07) is 6.41. The quantitative estimate of drug-likeness (QED) is 0.644. The van der Waals surface area contributed by atoms with Gasteiger partial charge in [0.1, 0.15) is 5.82 Å². The minimum atomic E-state index is -1.80. The number of aliphatic carboxylic acids is 1. The highest BCUT2D eigenvalue weighted by Gasteiger charge is 2.28. The SMILES string of the molecule is CC(O)(CNCCc1ccccc1F)C(=O)O. The van der Waals surface area contributed by atoms with Crippen molar-refractivity contribution in [2.75, 3.05) is 13.1 Å². The van der Waals surface area contributed by atoms with E-state index >= 15 is 0 Å². The van der Waals surface area contributed by atoms with Gasteiger partial charge in [-0.05, 0) is 31.5 Å². The van der Waals surface area contributed by atoms with E-state index < -0.39 is 11.6 Å². The minimum Gasteiger partial charge on any atom is -0.479 e. The lowest BCUT2D eigenvalue weighted by Gasteiger charge is -2.18. The van der Waals surface area contributed by atoms with E-state index in [-0.39, 0.29) is 12.4 Å². The van der Waals surface area contributed by atoms with Crippen molar-refractivity contribution in [3.05, 3.63) is 35.6 Å². The molecule has 0 saturated carbocycles. The molecule has 1 atom stereocenters. The van der Waals surface area contributed by atoms with Gasteiger partial charge in [0.2, 0.25) is 0 Å². The molecule has 5 heteroatoms. The fourth-order valence-electron chi connectivity index (χ4n) is 1.33. The lowest BCUT2D eigenvalue weighted by atomic mass is 10.1. The highest BCUT2D eigenvalue weighted by atomic mass is 19.1. The average molecular weight is 241 g/mol. The van der Waals surface area contributed by atoms with Crippen molar-refractivity contribution in [1.29, 1.82) is 0 Å². The first kappa shape index (κ1) is 13.6. The Morgan fingerprint density at radius 3 is 2.71 bits per heavy atom. The third-order valence-corrected chi connectivity index (χ3v) is 2.46. The molecule has 0 fully saturated rings. The highest BCUT2D eigenvalue weighted by Crippen LogP contribution is 2.06. The zero-order chi connectivity index (χ0) is 12.9. The van der Waals surface area contributed by atoms with Crippen LogP contribution in [0.2, 0.25) is 0 Å². The largest absolute Gasteiger partial charge is 0.479 e. The lowest BCUT2D eigenvalue weighted by Crippen LogP contribution is -2.45. The van der Waals surface area contributed by atoms with Gasteiger partial charge in [-0.1, -0.05) is 18.2 Å². The number of hydrogen-bond acceptors (Lipinski definition) is 3. The van der Waals surface area contributed by atoms with Crippen molar-refractivity contribution >= 4 is 5.97 Å². The molecule has 0 aliphatic carbocycles. The van der Waals surface area contributed by atoms with Crippen molar-refractivity contribution < 1.29 is 19.4 Å². The summed E-state index contributed by atoms with van der Waals surface area (Å²) >= 11 is 0. The van der Waals surface area contributed by atoms with Gasteiger partial charge in [0.25, 0.3) is 0 Å². The second-order valence-electron chi connectivity index (χ2n) is 4.10. The van der Waals surface area contributed by atoms with Crippen molar-refractivity contribution in [3.63, 3.8) is 0 Å². The van der Waals surface area contributed by atoms with Crippen LogP contribution in [0.15, 0.2) is 24.3 Å². The van der Waals surface area contributed by atoms with E-state index in [1.807, 2.05) is 0 Å². The molecule has 0 heterocycles. The summed E-state index contributed by atoms with van der Waals surface area (Å²) in [5, 5.41) is 20.8. The van der Waals surface area contributed by atoms with E-state index in [2.05, 4.69) is 5.32 Å². The van der Waals surface area contributed by atoms with E-state index in [0.717, 1.165) is 0 Å². The fourth-order valence-corrected chi connectivity index (χ4v) is 1.33. The van der Waals surface area contributed by atoms with Crippen molar-refractivity contribution in [1.82, 2.24) is 5.32 Å². The average Bonchev–Trinajstić information content (AvgIpc) is 2.26. The summed E-state index contributed by atoms with van der Waals surface area (Å²) in [5.74, 6) is -1.56. The molecule has 1 aromatic carbocycles. The normalized spacial score (nSPS) is 14.3. The van der Waals surface area contributed by atoms with Crippen molar-refractivity contribution in [2.24, 2.45) is 0 Å². The minimum absolute atomic E-state index is 0.0726. The molecule has 94 valence electrons. The predicted octanol–water partition coefficient (Wildman–Crippen LogP) is 0.793. The molecule has 0 saturated heterocycles. The first-order valence-corrected chi connectivity index (χ1v) is 5.33. The first-order chi connectivity index (χ1) is 7.93. The van der Waals surface area contributed by atoms with Gasteiger partial charge in [-0.15, -0.1) is 0 Å². The summed E-state index contributed by atoms with van der Waals surface area (Å²) in [4.78, 5) is 10.6. The number of halogens is 1. The zero-order valence-electron chi connectivity index (χ0n) is 9.61. The van der Waals surface area contributed by atoms with E-state index in [9.17, 15) is 14.3 Å². The summed E-state index contributed by atoms with van der Waals surface area (Å²) in [7, 11) is 0. The number of nitrogens with one attached hydrogen (secondary N) is 1. The number of carboxylic acids is 1. The van der Waals surface area contributed by atoms with Gasteiger partial charge in [-0.3, -0.25) is 0 Å². The van der Waals surface area contributed by atoms with Crippen LogP contribution in [0.25, 0.3) is 0 Å². The van der Waals surface area contributed by atoms with Gasteiger partial charge in [-0.25, -0.2) is 9.18 Å². The second kappa shape index (κ2) is 5.75. The van der Waals surface area contributed by atoms with E-state index in [1.165, 1.54) is 13.0 Å². The number of carboxylic acid groups (broad SMARTS) is 1. The van der Waals surface area contributed by atoms with Crippen LogP contribution in [-0.2, 0) is 11.2 Å². The van der Waals surface area contributed by atoms with Crippen LogP contribution in [0.1, 0.15) is 12.5 Å². The third-order valence-electron chi connectivity index (χ3n) is 2.46. The Morgan fingerprint density at radius 1 is 1.47 bits per heavy atom. The molecule has 0 spiro atoms. The summed E-state index contributed by atoms with van der Waals surface area (Å²) < 4.78 is 13.2. The van der Waals surface area contributed by atoms with E-state index in [1.54, 1.807) is 18.2 Å². The number of aliphatic hydroxyl groups is 1. The molecule has 0 aromatic heterocycles. The Kier molecular flexibility index (Phi) is 4.60. The number of hydrogen-bond donors (Lipinski definition) is 3. The maximum atomic E-state index is 13.2. The highest BCUT2D eigenvalue weighted by molar-refractivity contribution is 5.76. The third kappa shape index (κ3) is 4.13. The van der Waals surface area contributed by atoms with E-state index in [4.69, 9.17) is 5.11 Å². The van der Waals surface area contributed by atoms with Crippen molar-refractivity contribution in [3.8, 4) is 0 Å². The molecular weight excluding hydrogens is 225 g/mol. The van der Waals surface area contributed by atoms with Crippen LogP contribution < -0.4 is 5.32 Å². The molecule has 1 unspecified atom stereocenters. The monoisotopic (exact) mass is 241 g/mol. The fraction of sp³-hybridized carbons (Fsp3) is 0.417. The number of benzene rings is 1. The smallest absolute Gasteiger partial charge is 0.336 e. The molecule has 1 aromatic rings. The van der Waals surface area contributed by atoms with Crippen LogP contribution >= 0.6 is 0 Å². The topological polar surface area (TPSA) is 69.6 Å². The summed E-state index contributed by atoms with van der Waals surface area (Å²) in [6.45, 7) is 1.55. The summed E-state index contributed by atoms with van der Waals surface area (Å²) in [5.41, 5.74) is -1.23. The molecule has 3 N–H and O–H groups in total. The Bertz CT molecular complexity index is 393. The van der Waals surface area contributed by atoms with Gasteiger partial charge < -0.3 is 15.5 Å². The van der Waals surface area contributed by atoms with Gasteiger partial charge in [0, 0.05) is 6.54 Å². The number of rotatable bonds is 6. The van der Waals surface area contributed by atoms with Crippen LogP contribution in [0, 0.1) is 5.82 Å². The Balaban J connectivity index is 2.35. The molecule has 17 heavy (non-hydrogen) atoms. The van der Waals surface area contributed by atoms with Gasteiger partial charge in [-0.2, -0.15) is 0 Å². The zero-order valence-corrected chi connectivity index (χ0v) is 9.61. The number of carbonyl (C=O) groups is 1. The van der Waals surface area contributed by atoms with Crippen LogP contribution in [0.3, 0.4) is 0 Å². The molecule has 0 bridgehead atoms. The van der Waals surface area contributed by atoms with E-state index in [0.29, 0.717) is 18.5 Å². The van der Waals surface area contributed by atoms with Gasteiger partial charge in [0.05, 0.1) is 0 Å². The van der Waals surface area contributed by atoms with Crippen molar-refractivity contribution in [2.45, 2.75) is 18.9 Å². The van der Waals surface area contributed by atoms with Crippen LogP contribution in [0.5, 0.6) is 0 Å². The Hall–Kier alpha value is -1.46. The Morgan fingerprint density at radius 2 is 2.12 bits per heavy atom. The summed E-state index contributed by atoms with van der Waals surface area (Å²) in [6.07, 6.45) is 0.447. The Labute approximate surface area is 99.1 Å². The second-order valence-corrected chi connectivity index (χ2v) is 4.10. The first-order valence-electron chi connectivity index (χ1n) is 5.33. The van der Waals surface area contributed by atoms with Crippen LogP contribution in [-0.4, -0.2) is 34.9 Å². The maximum absolute atomic E-state index is 13.2. The molecule has 0 aliphatic rings. The van der Waals surface area contributed by atoms with Gasteiger partial charge >= 0.3 is 5.97 Å². The molecule has 1 rings (SSSR count). The standard InChI is InChI=1S/C12H16FNO3/c1-12(17,11(15)16)8-14-7-6-9-4-2-3-5-10(9)13/h2-5,14,17H,6-8H2,1H3,(H,15,16). The molecule has 0 aliphatic heterocycles. The predicted molar refractivity (Wildman–Crippen MR) is 61.2 cm³/mol. The molecule has 4 nitrogen and oxygen atoms in total. The molecule has 0 radical (unpaired) electrons. The van der Waals surface area contributed by atoms with Crippen LogP contribution in [0.4, 0.5) is 4.39 Å². The lowest BCUT2D eigenvalue weighted by molar-refractivity contribution is -0.156. The molecular formula is C12H16FNO3. The van der Waals surface area contributed by atoms with Gasteiger partial charge in [0.15, 0.2) is 5.60 Å². The molecule has 0 amide bonds. The maximum Gasteiger partial charge on any atom is 0.336 e.